The second kappa shape index (κ2) is 6.41. The Hall–Kier alpha value is -1.66. The lowest BCUT2D eigenvalue weighted by Crippen LogP contribution is -2.45. The number of carbonyl (C=O) groups is 1. The van der Waals surface area contributed by atoms with Crippen molar-refractivity contribution in [3.05, 3.63) is 24.4 Å². The van der Waals surface area contributed by atoms with Crippen molar-refractivity contribution in [2.24, 2.45) is 0 Å². The summed E-state index contributed by atoms with van der Waals surface area (Å²) in [5, 5.41) is 0. The monoisotopic (exact) mass is 292 g/mol. The summed E-state index contributed by atoms with van der Waals surface area (Å²) in [7, 11) is 1.53. The molecule has 0 aliphatic carbocycles. The van der Waals surface area contributed by atoms with Gasteiger partial charge in [-0.05, 0) is 18.9 Å². The van der Waals surface area contributed by atoms with Gasteiger partial charge < -0.3 is 19.1 Å². The second-order valence-corrected chi connectivity index (χ2v) is 5.35. The fraction of sp³-hybridized carbons (Fsp3) is 0.600. The molecule has 2 aliphatic rings. The third-order valence-electron chi connectivity index (χ3n) is 3.98. The van der Waals surface area contributed by atoms with Gasteiger partial charge in [-0.1, -0.05) is 6.07 Å². The van der Waals surface area contributed by atoms with Crippen molar-refractivity contribution in [3.8, 4) is 5.88 Å². The first-order valence-corrected chi connectivity index (χ1v) is 7.27. The Morgan fingerprint density at radius 2 is 2.43 bits per heavy atom. The first kappa shape index (κ1) is 14.3. The van der Waals surface area contributed by atoms with Crippen LogP contribution in [-0.4, -0.2) is 60.9 Å². The number of hydrogen-bond acceptors (Lipinski definition) is 5. The molecule has 0 spiro atoms. The molecule has 0 saturated carbocycles. The molecule has 6 nitrogen and oxygen atoms in total. The van der Waals surface area contributed by atoms with Crippen LogP contribution in [0.3, 0.4) is 0 Å². The lowest BCUT2D eigenvalue weighted by Gasteiger charge is -2.31. The van der Waals surface area contributed by atoms with E-state index in [2.05, 4.69) is 4.98 Å². The van der Waals surface area contributed by atoms with E-state index in [1.54, 1.807) is 6.20 Å². The summed E-state index contributed by atoms with van der Waals surface area (Å²) in [5.41, 5.74) is 0. The highest BCUT2D eigenvalue weighted by molar-refractivity contribution is 5.78. The number of amides is 1. The van der Waals surface area contributed by atoms with E-state index in [0.29, 0.717) is 12.4 Å². The van der Waals surface area contributed by atoms with Gasteiger partial charge >= 0.3 is 0 Å². The summed E-state index contributed by atoms with van der Waals surface area (Å²) >= 11 is 0. The minimum absolute atomic E-state index is 0.00915. The maximum atomic E-state index is 12.2. The minimum atomic E-state index is -0.175. The molecule has 1 aromatic rings. The number of pyridine rings is 1. The van der Waals surface area contributed by atoms with Crippen LogP contribution in [0.5, 0.6) is 5.88 Å². The summed E-state index contributed by atoms with van der Waals surface area (Å²) in [6, 6.07) is 5.62. The number of methoxy groups -OCH3 is 1. The van der Waals surface area contributed by atoms with Gasteiger partial charge in [-0.25, -0.2) is 4.98 Å². The summed E-state index contributed by atoms with van der Waals surface area (Å²) in [6.07, 6.45) is 3.35. The van der Waals surface area contributed by atoms with E-state index in [4.69, 9.17) is 14.2 Å². The van der Waals surface area contributed by atoms with Crippen LogP contribution in [0.1, 0.15) is 12.8 Å². The maximum Gasteiger partial charge on any atom is 0.249 e. The van der Waals surface area contributed by atoms with Crippen LogP contribution in [0, 0.1) is 0 Å². The topological polar surface area (TPSA) is 60.9 Å². The van der Waals surface area contributed by atoms with Gasteiger partial charge in [0.1, 0.15) is 18.8 Å². The molecular formula is C15H20N2O4. The Morgan fingerprint density at radius 1 is 1.52 bits per heavy atom. The highest BCUT2D eigenvalue weighted by Gasteiger charge is 2.47. The maximum absolute atomic E-state index is 12.2. The van der Waals surface area contributed by atoms with Crippen LogP contribution in [-0.2, 0) is 14.3 Å². The number of nitrogens with zero attached hydrogens (tertiary/aromatic N) is 2. The molecule has 0 bridgehead atoms. The van der Waals surface area contributed by atoms with Crippen molar-refractivity contribution in [2.45, 2.75) is 31.1 Å². The lowest BCUT2D eigenvalue weighted by atomic mass is 10.0. The Bertz CT molecular complexity index is 482. The number of carbonyl (C=O) groups excluding carboxylic acids is 1. The lowest BCUT2D eigenvalue weighted by molar-refractivity contribution is -0.138. The molecule has 1 amide bonds. The van der Waals surface area contributed by atoms with Crippen LogP contribution >= 0.6 is 0 Å². The van der Waals surface area contributed by atoms with Crippen molar-refractivity contribution in [1.82, 2.24) is 9.88 Å². The van der Waals surface area contributed by atoms with Crippen molar-refractivity contribution in [2.75, 3.05) is 26.9 Å². The van der Waals surface area contributed by atoms with Gasteiger partial charge in [-0.15, -0.1) is 0 Å². The van der Waals surface area contributed by atoms with Crippen molar-refractivity contribution in [1.29, 1.82) is 0 Å². The summed E-state index contributed by atoms with van der Waals surface area (Å²) < 4.78 is 16.8. The Labute approximate surface area is 124 Å². The summed E-state index contributed by atoms with van der Waals surface area (Å²) in [5.74, 6) is 0.557. The third-order valence-corrected chi connectivity index (χ3v) is 3.98. The second-order valence-electron chi connectivity index (χ2n) is 5.35. The standard InChI is InChI=1S/C15H20N2O4/c1-19-10-14(18)17-9-12(15-11(17)5-4-8-20-15)21-13-6-2-3-7-16-13/h2-3,6-7,11-12,15H,4-5,8-10H2,1H3/t11-,12-,15+/m1/s1. The Morgan fingerprint density at radius 3 is 3.19 bits per heavy atom. The fourth-order valence-corrected chi connectivity index (χ4v) is 3.08. The van der Waals surface area contributed by atoms with Gasteiger partial charge in [0.05, 0.1) is 12.6 Å². The number of rotatable bonds is 4. The van der Waals surface area contributed by atoms with Crippen LogP contribution in [0.15, 0.2) is 24.4 Å². The fourth-order valence-electron chi connectivity index (χ4n) is 3.08. The number of hydrogen-bond donors (Lipinski definition) is 0. The first-order chi connectivity index (χ1) is 10.3. The van der Waals surface area contributed by atoms with Gasteiger partial charge in [0.15, 0.2) is 0 Å². The van der Waals surface area contributed by atoms with E-state index in [1.807, 2.05) is 23.1 Å². The summed E-state index contributed by atoms with van der Waals surface area (Å²) in [4.78, 5) is 18.2. The zero-order chi connectivity index (χ0) is 14.7. The summed E-state index contributed by atoms with van der Waals surface area (Å²) in [6.45, 7) is 1.34. The number of ether oxygens (including phenoxy) is 3. The van der Waals surface area contributed by atoms with Crippen LogP contribution < -0.4 is 4.74 Å². The zero-order valence-electron chi connectivity index (χ0n) is 12.1. The van der Waals surface area contributed by atoms with E-state index in [-0.39, 0.29) is 30.8 Å². The number of fused-ring (bicyclic) bond motifs is 1. The Balaban J connectivity index is 1.73. The average molecular weight is 292 g/mol. The predicted molar refractivity (Wildman–Crippen MR) is 75.0 cm³/mol. The van der Waals surface area contributed by atoms with Gasteiger partial charge in [-0.3, -0.25) is 4.79 Å². The molecular weight excluding hydrogens is 272 g/mol. The van der Waals surface area contributed by atoms with Crippen LogP contribution in [0.2, 0.25) is 0 Å². The molecule has 3 rings (SSSR count). The van der Waals surface area contributed by atoms with Gasteiger partial charge in [0.2, 0.25) is 11.8 Å². The smallest absolute Gasteiger partial charge is 0.249 e. The molecule has 6 heteroatoms. The quantitative estimate of drug-likeness (QED) is 0.824. The minimum Gasteiger partial charge on any atom is -0.470 e. The van der Waals surface area contributed by atoms with Crippen LogP contribution in [0.4, 0.5) is 0 Å². The molecule has 3 heterocycles. The van der Waals surface area contributed by atoms with Gasteiger partial charge in [-0.2, -0.15) is 0 Å². The highest BCUT2D eigenvalue weighted by Crippen LogP contribution is 2.31. The molecule has 114 valence electrons. The number of likely N-dealkylation sites (tertiary alicyclic amines) is 1. The van der Waals surface area contributed by atoms with E-state index < -0.39 is 0 Å². The van der Waals surface area contributed by atoms with Crippen molar-refractivity contribution >= 4 is 5.91 Å². The van der Waals surface area contributed by atoms with E-state index >= 15 is 0 Å². The van der Waals surface area contributed by atoms with E-state index in [0.717, 1.165) is 19.4 Å². The first-order valence-electron chi connectivity index (χ1n) is 7.27. The largest absolute Gasteiger partial charge is 0.470 e. The highest BCUT2D eigenvalue weighted by atomic mass is 16.6. The van der Waals surface area contributed by atoms with Gasteiger partial charge in [0.25, 0.3) is 0 Å². The zero-order valence-corrected chi connectivity index (χ0v) is 12.1. The average Bonchev–Trinajstić information content (AvgIpc) is 2.88. The number of aromatic nitrogens is 1. The SMILES string of the molecule is COCC(=O)N1C[C@@H](Oc2ccccn2)[C@H]2OCCC[C@H]21. The molecule has 2 fully saturated rings. The van der Waals surface area contributed by atoms with E-state index in [9.17, 15) is 4.79 Å². The van der Waals surface area contributed by atoms with Gasteiger partial charge in [0, 0.05) is 26.0 Å². The Kier molecular flexibility index (Phi) is 4.36. The van der Waals surface area contributed by atoms with Crippen molar-refractivity contribution in [3.63, 3.8) is 0 Å². The van der Waals surface area contributed by atoms with Crippen LogP contribution in [0.25, 0.3) is 0 Å². The molecule has 2 aliphatic heterocycles. The third kappa shape index (κ3) is 3.01. The molecule has 0 radical (unpaired) electrons. The van der Waals surface area contributed by atoms with Crippen molar-refractivity contribution < 1.29 is 19.0 Å². The molecule has 0 N–H and O–H groups in total. The molecule has 21 heavy (non-hydrogen) atoms. The molecule has 0 aromatic carbocycles. The predicted octanol–water partition coefficient (Wildman–Crippen LogP) is 0.865. The normalized spacial score (nSPS) is 28.2. The molecule has 3 atom stereocenters. The van der Waals surface area contributed by atoms with E-state index in [1.165, 1.54) is 7.11 Å². The molecule has 1 aromatic heterocycles. The molecule has 0 unspecified atom stereocenters. The molecule has 2 saturated heterocycles.